The minimum Gasteiger partial charge on any atom is -0.466 e. The normalized spacial score (nSPS) is 11.2. The van der Waals surface area contributed by atoms with Crippen molar-refractivity contribution >= 4 is 22.7 Å². The highest BCUT2D eigenvalue weighted by atomic mass is 35.5. The maximum atomic E-state index is 10.5. The second kappa shape index (κ2) is 5.05. The summed E-state index contributed by atoms with van der Waals surface area (Å²) >= 11 is 5.20. The standard InChI is InChI=1S/C5H8ClNO3/c1-2-10-5(8)3-4(6)7-9/h9H,2-3H2,1H3/b7-4-. The highest BCUT2D eigenvalue weighted by Crippen LogP contribution is 1.94. The molecule has 0 heterocycles. The van der Waals surface area contributed by atoms with E-state index in [-0.39, 0.29) is 11.6 Å². The summed E-state index contributed by atoms with van der Waals surface area (Å²) in [5.41, 5.74) is 0. The Bertz CT molecular complexity index is 146. The van der Waals surface area contributed by atoms with Crippen LogP contribution in [0.2, 0.25) is 0 Å². The molecule has 0 atom stereocenters. The van der Waals surface area contributed by atoms with Crippen molar-refractivity contribution in [2.24, 2.45) is 5.16 Å². The van der Waals surface area contributed by atoms with Crippen LogP contribution in [0.25, 0.3) is 0 Å². The topological polar surface area (TPSA) is 58.9 Å². The molecule has 4 nitrogen and oxygen atoms in total. The van der Waals surface area contributed by atoms with Gasteiger partial charge in [0.1, 0.15) is 6.42 Å². The molecule has 0 bridgehead atoms. The summed E-state index contributed by atoms with van der Waals surface area (Å²) in [4.78, 5) is 10.5. The molecular weight excluding hydrogens is 158 g/mol. The van der Waals surface area contributed by atoms with Crippen LogP contribution in [0.1, 0.15) is 13.3 Å². The van der Waals surface area contributed by atoms with E-state index in [0.717, 1.165) is 0 Å². The van der Waals surface area contributed by atoms with Gasteiger partial charge in [0.2, 0.25) is 0 Å². The number of carbonyl (C=O) groups excluding carboxylic acids is 1. The molecule has 0 unspecified atom stereocenters. The third-order valence-electron chi connectivity index (χ3n) is 0.704. The Kier molecular flexibility index (Phi) is 4.66. The zero-order valence-corrected chi connectivity index (χ0v) is 6.26. The van der Waals surface area contributed by atoms with Crippen LogP contribution in [0.5, 0.6) is 0 Å². The molecule has 0 aromatic rings. The number of ether oxygens (including phenoxy) is 1. The van der Waals surface area contributed by atoms with E-state index in [1.54, 1.807) is 6.92 Å². The van der Waals surface area contributed by atoms with E-state index in [1.807, 2.05) is 0 Å². The molecular formula is C5H8ClNO3. The first-order valence-corrected chi connectivity index (χ1v) is 3.10. The Morgan fingerprint density at radius 2 is 2.40 bits per heavy atom. The lowest BCUT2D eigenvalue weighted by molar-refractivity contribution is -0.141. The summed E-state index contributed by atoms with van der Waals surface area (Å²) in [6.07, 6.45) is -0.175. The zero-order valence-electron chi connectivity index (χ0n) is 5.50. The number of esters is 1. The lowest BCUT2D eigenvalue weighted by Crippen LogP contribution is -2.07. The summed E-state index contributed by atoms with van der Waals surface area (Å²) in [5.74, 6) is -0.495. The molecule has 58 valence electrons. The second-order valence-corrected chi connectivity index (χ2v) is 1.89. The molecule has 0 aliphatic heterocycles. The van der Waals surface area contributed by atoms with Gasteiger partial charge in [-0.15, -0.1) is 0 Å². The molecule has 0 aromatic heterocycles. The largest absolute Gasteiger partial charge is 0.466 e. The molecule has 0 fully saturated rings. The van der Waals surface area contributed by atoms with Gasteiger partial charge in [0.25, 0.3) is 0 Å². The van der Waals surface area contributed by atoms with Gasteiger partial charge in [0, 0.05) is 0 Å². The highest BCUT2D eigenvalue weighted by molar-refractivity contribution is 6.66. The van der Waals surface area contributed by atoms with E-state index in [9.17, 15) is 4.79 Å². The quantitative estimate of drug-likeness (QED) is 0.293. The Hall–Kier alpha value is -0.770. The maximum absolute atomic E-state index is 10.5. The number of hydrogen-bond acceptors (Lipinski definition) is 4. The summed E-state index contributed by atoms with van der Waals surface area (Å²) < 4.78 is 4.50. The summed E-state index contributed by atoms with van der Waals surface area (Å²) in [6.45, 7) is 1.98. The first kappa shape index (κ1) is 9.23. The molecule has 5 heteroatoms. The molecule has 1 N–H and O–H groups in total. The van der Waals surface area contributed by atoms with Gasteiger partial charge in [0.15, 0.2) is 5.17 Å². The molecule has 0 aromatic carbocycles. The zero-order chi connectivity index (χ0) is 7.98. The van der Waals surface area contributed by atoms with E-state index in [2.05, 4.69) is 9.89 Å². The van der Waals surface area contributed by atoms with Gasteiger partial charge in [-0.25, -0.2) is 0 Å². The highest BCUT2D eigenvalue weighted by Gasteiger charge is 2.04. The van der Waals surface area contributed by atoms with Crippen molar-refractivity contribution in [3.8, 4) is 0 Å². The number of rotatable bonds is 3. The van der Waals surface area contributed by atoms with Crippen LogP contribution in [-0.4, -0.2) is 23.0 Å². The smallest absolute Gasteiger partial charge is 0.312 e. The summed E-state index contributed by atoms with van der Waals surface area (Å²) in [5, 5.41) is 10.4. The third-order valence-corrected chi connectivity index (χ3v) is 0.913. The van der Waals surface area contributed by atoms with Crippen LogP contribution in [0.3, 0.4) is 0 Å². The van der Waals surface area contributed by atoms with E-state index >= 15 is 0 Å². The average molecular weight is 166 g/mol. The third kappa shape index (κ3) is 4.14. The van der Waals surface area contributed by atoms with Crippen LogP contribution in [0.15, 0.2) is 5.16 Å². The first-order chi connectivity index (χ1) is 4.70. The maximum Gasteiger partial charge on any atom is 0.312 e. The van der Waals surface area contributed by atoms with Gasteiger partial charge in [-0.2, -0.15) is 0 Å². The fourth-order valence-corrected chi connectivity index (χ4v) is 0.476. The predicted molar refractivity (Wildman–Crippen MR) is 36.3 cm³/mol. The minimum absolute atomic E-state index is 0.168. The molecule has 0 rings (SSSR count). The van der Waals surface area contributed by atoms with Crippen molar-refractivity contribution in [3.05, 3.63) is 0 Å². The average Bonchev–Trinajstić information content (AvgIpc) is 1.88. The SMILES string of the molecule is CCOC(=O)C/C(Cl)=N/O. The number of hydrogen-bond donors (Lipinski definition) is 1. The van der Waals surface area contributed by atoms with Gasteiger partial charge >= 0.3 is 5.97 Å². The molecule has 0 radical (unpaired) electrons. The number of nitrogens with zero attached hydrogens (tertiary/aromatic N) is 1. The Morgan fingerprint density at radius 1 is 1.80 bits per heavy atom. The summed E-state index contributed by atoms with van der Waals surface area (Å²) in [7, 11) is 0. The second-order valence-electron chi connectivity index (χ2n) is 1.46. The van der Waals surface area contributed by atoms with Gasteiger partial charge in [-0.3, -0.25) is 4.79 Å². The van der Waals surface area contributed by atoms with Gasteiger partial charge in [-0.05, 0) is 6.92 Å². The fourth-order valence-electron chi connectivity index (χ4n) is 0.366. The van der Waals surface area contributed by atoms with Crippen LogP contribution < -0.4 is 0 Å². The molecule has 0 aliphatic carbocycles. The van der Waals surface area contributed by atoms with E-state index < -0.39 is 5.97 Å². The minimum atomic E-state index is -0.495. The van der Waals surface area contributed by atoms with Gasteiger partial charge in [-0.1, -0.05) is 16.8 Å². The van der Waals surface area contributed by atoms with Gasteiger partial charge < -0.3 is 9.94 Å². The Morgan fingerprint density at radius 3 is 2.80 bits per heavy atom. The number of carbonyl (C=O) groups is 1. The first-order valence-electron chi connectivity index (χ1n) is 2.72. The van der Waals surface area contributed by atoms with Crippen LogP contribution >= 0.6 is 11.6 Å². The number of halogens is 1. The van der Waals surface area contributed by atoms with Crippen molar-refractivity contribution in [3.63, 3.8) is 0 Å². The van der Waals surface area contributed by atoms with Crippen molar-refractivity contribution in [2.75, 3.05) is 6.61 Å². The van der Waals surface area contributed by atoms with E-state index in [1.165, 1.54) is 0 Å². The predicted octanol–water partition coefficient (Wildman–Crippen LogP) is 0.966. The van der Waals surface area contributed by atoms with Crippen LogP contribution in [0, 0.1) is 0 Å². The van der Waals surface area contributed by atoms with E-state index in [0.29, 0.717) is 6.61 Å². The van der Waals surface area contributed by atoms with Crippen molar-refractivity contribution in [1.29, 1.82) is 0 Å². The number of oxime groups is 1. The monoisotopic (exact) mass is 165 g/mol. The van der Waals surface area contributed by atoms with Gasteiger partial charge in [0.05, 0.1) is 6.61 Å². The molecule has 0 saturated carbocycles. The molecule has 0 saturated heterocycles. The van der Waals surface area contributed by atoms with E-state index in [4.69, 9.17) is 16.8 Å². The van der Waals surface area contributed by atoms with Crippen LogP contribution in [0.4, 0.5) is 0 Å². The lowest BCUT2D eigenvalue weighted by atomic mass is 10.5. The Balaban J connectivity index is 3.58. The Labute approximate surface area is 63.4 Å². The lowest BCUT2D eigenvalue weighted by Gasteiger charge is -1.97. The fraction of sp³-hybridized carbons (Fsp3) is 0.600. The van der Waals surface area contributed by atoms with Crippen molar-refractivity contribution in [1.82, 2.24) is 0 Å². The van der Waals surface area contributed by atoms with Crippen LogP contribution in [-0.2, 0) is 9.53 Å². The summed E-state index contributed by atoms with van der Waals surface area (Å²) in [6, 6.07) is 0. The molecule has 0 spiro atoms. The van der Waals surface area contributed by atoms with Crippen molar-refractivity contribution in [2.45, 2.75) is 13.3 Å². The molecule has 10 heavy (non-hydrogen) atoms. The molecule has 0 amide bonds. The molecule has 0 aliphatic rings. The van der Waals surface area contributed by atoms with Crippen molar-refractivity contribution < 1.29 is 14.7 Å².